The first-order valence-electron chi connectivity index (χ1n) is 9.72. The van der Waals surface area contributed by atoms with Gasteiger partial charge >= 0.3 is 198 Å². The summed E-state index contributed by atoms with van der Waals surface area (Å²) in [5.74, 6) is 1.54. The van der Waals surface area contributed by atoms with E-state index in [4.69, 9.17) is 16.7 Å². The maximum absolute atomic E-state index is 6.02. The summed E-state index contributed by atoms with van der Waals surface area (Å²) in [5.41, 5.74) is 3.06. The molecule has 0 aliphatic heterocycles. The van der Waals surface area contributed by atoms with Crippen molar-refractivity contribution in [3.05, 3.63) is 71.5 Å². The molecule has 0 unspecified atom stereocenters. The molecule has 0 atom stereocenters. The summed E-state index contributed by atoms with van der Waals surface area (Å²) >= 11 is 7.59. The van der Waals surface area contributed by atoms with Gasteiger partial charge in [0.1, 0.15) is 0 Å². The van der Waals surface area contributed by atoms with Crippen LogP contribution in [0.1, 0.15) is 5.56 Å². The molecule has 2 aromatic carbocycles. The summed E-state index contributed by atoms with van der Waals surface area (Å²) in [7, 11) is 0. The van der Waals surface area contributed by atoms with Gasteiger partial charge in [0.05, 0.1) is 0 Å². The molecule has 6 rings (SSSR count). The molecule has 4 aromatic heterocycles. The number of aromatic nitrogens is 6. The normalized spacial score (nSPS) is 11.4. The number of fused-ring (bicyclic) bond motifs is 2. The third kappa shape index (κ3) is 3.30. The monoisotopic (exact) mass is 523 g/mol. The van der Waals surface area contributed by atoms with E-state index in [-0.39, 0.29) is 14.5 Å². The molecule has 4 heterocycles. The van der Waals surface area contributed by atoms with Crippen LogP contribution < -0.4 is 5.32 Å². The number of nitrogens with one attached hydrogen (secondary N) is 1. The number of halogens is 1. The SMILES string of the molecule is Cc1c(-c2nn3c(-c4ccccc4)nnc3s2)[se]c2ncnc(Nc3ccc(Cl)cc3)c12. The third-order valence-corrected chi connectivity index (χ3v) is 9.04. The zero-order valence-electron chi connectivity index (χ0n) is 16.7. The molecule has 7 nitrogen and oxygen atoms in total. The van der Waals surface area contributed by atoms with Crippen LogP contribution in [0.3, 0.4) is 0 Å². The Bertz CT molecular complexity index is 1570. The van der Waals surface area contributed by atoms with Crippen molar-refractivity contribution in [2.75, 3.05) is 5.32 Å². The molecule has 0 saturated heterocycles. The van der Waals surface area contributed by atoms with E-state index in [1.807, 2.05) is 59.1 Å². The van der Waals surface area contributed by atoms with E-state index in [9.17, 15) is 0 Å². The van der Waals surface area contributed by atoms with Crippen LogP contribution in [0.2, 0.25) is 5.02 Å². The molecule has 0 radical (unpaired) electrons. The van der Waals surface area contributed by atoms with Gasteiger partial charge in [0.15, 0.2) is 0 Å². The number of anilines is 2. The van der Waals surface area contributed by atoms with E-state index in [1.54, 1.807) is 17.7 Å². The van der Waals surface area contributed by atoms with Gasteiger partial charge in [-0.2, -0.15) is 0 Å². The van der Waals surface area contributed by atoms with Gasteiger partial charge in [-0.15, -0.1) is 0 Å². The fourth-order valence-corrected chi connectivity index (χ4v) is 7.12. The van der Waals surface area contributed by atoms with Gasteiger partial charge in [-0.05, 0) is 0 Å². The molecule has 32 heavy (non-hydrogen) atoms. The summed E-state index contributed by atoms with van der Waals surface area (Å²) in [6.45, 7) is 2.11. The van der Waals surface area contributed by atoms with Crippen LogP contribution >= 0.6 is 22.9 Å². The van der Waals surface area contributed by atoms with Crippen LogP contribution in [-0.2, 0) is 0 Å². The fraction of sp³-hybridized carbons (Fsp3) is 0.0455. The van der Waals surface area contributed by atoms with Gasteiger partial charge in [0.2, 0.25) is 0 Å². The maximum atomic E-state index is 6.02. The summed E-state index contributed by atoms with van der Waals surface area (Å²) < 4.78 is 4.07. The number of rotatable bonds is 4. The molecular weight excluding hydrogens is 509 g/mol. The summed E-state index contributed by atoms with van der Waals surface area (Å²) in [6.07, 6.45) is 1.61. The van der Waals surface area contributed by atoms with Gasteiger partial charge in [0, 0.05) is 0 Å². The van der Waals surface area contributed by atoms with Crippen LogP contribution in [0, 0.1) is 6.92 Å². The van der Waals surface area contributed by atoms with Crippen molar-refractivity contribution in [3.63, 3.8) is 0 Å². The minimum absolute atomic E-state index is 0.0228. The Morgan fingerprint density at radius 3 is 2.62 bits per heavy atom. The summed E-state index contributed by atoms with van der Waals surface area (Å²) in [6, 6.07) is 17.6. The van der Waals surface area contributed by atoms with Crippen molar-refractivity contribution in [2.45, 2.75) is 6.92 Å². The van der Waals surface area contributed by atoms with Gasteiger partial charge in [-0.3, -0.25) is 0 Å². The van der Waals surface area contributed by atoms with E-state index in [0.717, 1.165) is 48.2 Å². The number of hydrogen-bond acceptors (Lipinski definition) is 7. The standard InChI is InChI=1S/C22H14ClN7SSe/c1-12-16-18(26-15-9-7-14(23)8-10-15)24-11-25-21(16)32-17(12)20-29-30-19(27-28-22(30)31-20)13-5-3-2-4-6-13/h2-11H,1H3,(H,24,25,26). The van der Waals surface area contributed by atoms with E-state index in [2.05, 4.69) is 32.4 Å². The van der Waals surface area contributed by atoms with Crippen molar-refractivity contribution < 1.29 is 0 Å². The van der Waals surface area contributed by atoms with Crippen LogP contribution in [0.5, 0.6) is 0 Å². The van der Waals surface area contributed by atoms with E-state index in [1.165, 1.54) is 4.44 Å². The Balaban J connectivity index is 1.45. The number of aryl methyl sites for hydroxylation is 1. The van der Waals surface area contributed by atoms with Gasteiger partial charge < -0.3 is 0 Å². The second-order valence-electron chi connectivity index (χ2n) is 7.08. The van der Waals surface area contributed by atoms with Crippen LogP contribution in [0.15, 0.2) is 60.9 Å². The first-order valence-corrected chi connectivity index (χ1v) is 12.6. The molecule has 0 bridgehead atoms. The third-order valence-electron chi connectivity index (χ3n) is 5.05. The molecule has 0 amide bonds. The number of nitrogens with zero attached hydrogens (tertiary/aromatic N) is 6. The Hall–Kier alpha value is -3.10. The number of benzene rings is 2. The first kappa shape index (κ1) is 19.6. The molecule has 0 aliphatic carbocycles. The van der Waals surface area contributed by atoms with Gasteiger partial charge in [0.25, 0.3) is 0 Å². The summed E-state index contributed by atoms with van der Waals surface area (Å²) in [5, 5.41) is 19.6. The minimum atomic E-state index is 0.0228. The Morgan fingerprint density at radius 2 is 1.81 bits per heavy atom. The molecule has 0 spiro atoms. The van der Waals surface area contributed by atoms with E-state index in [0.29, 0.717) is 5.02 Å². The molecule has 6 aromatic rings. The predicted octanol–water partition coefficient (Wildman–Crippen LogP) is 5.23. The van der Waals surface area contributed by atoms with Crippen molar-refractivity contribution in [3.8, 4) is 20.8 Å². The van der Waals surface area contributed by atoms with Crippen molar-refractivity contribution >= 4 is 63.7 Å². The molecule has 0 saturated carbocycles. The van der Waals surface area contributed by atoms with Crippen LogP contribution in [0.4, 0.5) is 11.5 Å². The average molecular weight is 523 g/mol. The Kier molecular flexibility index (Phi) is 4.77. The Labute approximate surface area is 197 Å². The van der Waals surface area contributed by atoms with E-state index >= 15 is 0 Å². The molecule has 1 N–H and O–H groups in total. The second kappa shape index (κ2) is 7.79. The first-order chi connectivity index (χ1) is 15.7. The van der Waals surface area contributed by atoms with Crippen LogP contribution in [0.25, 0.3) is 35.6 Å². The zero-order valence-corrected chi connectivity index (χ0v) is 19.9. The molecule has 0 aliphatic rings. The number of hydrogen-bond donors (Lipinski definition) is 1. The zero-order chi connectivity index (χ0) is 21.7. The molecule has 10 heteroatoms. The van der Waals surface area contributed by atoms with Crippen LogP contribution in [-0.4, -0.2) is 44.3 Å². The second-order valence-corrected chi connectivity index (χ2v) is 10.6. The summed E-state index contributed by atoms with van der Waals surface area (Å²) in [4.78, 5) is 9.85. The van der Waals surface area contributed by atoms with Crippen molar-refractivity contribution in [2.24, 2.45) is 0 Å². The van der Waals surface area contributed by atoms with Gasteiger partial charge in [-0.1, -0.05) is 0 Å². The average Bonchev–Trinajstić information content (AvgIpc) is 3.49. The quantitative estimate of drug-likeness (QED) is 0.320. The topological polar surface area (TPSA) is 80.9 Å². The van der Waals surface area contributed by atoms with Gasteiger partial charge in [-0.25, -0.2) is 0 Å². The van der Waals surface area contributed by atoms with E-state index < -0.39 is 0 Å². The van der Waals surface area contributed by atoms with Crippen molar-refractivity contribution in [1.29, 1.82) is 0 Å². The van der Waals surface area contributed by atoms with Crippen molar-refractivity contribution in [1.82, 2.24) is 29.8 Å². The molecular formula is C22H14ClN7SSe. The Morgan fingerprint density at radius 1 is 1.00 bits per heavy atom. The molecule has 156 valence electrons. The predicted molar refractivity (Wildman–Crippen MR) is 129 cm³/mol. The molecule has 0 fully saturated rings. The fourth-order valence-electron chi connectivity index (χ4n) is 3.52.